The van der Waals surface area contributed by atoms with Gasteiger partial charge in [-0.1, -0.05) is 0 Å². The lowest BCUT2D eigenvalue weighted by molar-refractivity contribution is -0.141. The third-order valence-electron chi connectivity index (χ3n) is 5.53. The molecule has 1 amide bonds. The van der Waals surface area contributed by atoms with E-state index in [0.717, 1.165) is 24.6 Å². The molecule has 1 aliphatic carbocycles. The van der Waals surface area contributed by atoms with Gasteiger partial charge in [0.15, 0.2) is 11.8 Å². The number of hydrogen-bond acceptors (Lipinski definition) is 6. The Morgan fingerprint density at radius 1 is 1.09 bits per heavy atom. The first-order chi connectivity index (χ1) is 16.8. The highest BCUT2D eigenvalue weighted by Gasteiger charge is 2.38. The van der Waals surface area contributed by atoms with Crippen molar-refractivity contribution in [2.45, 2.75) is 38.0 Å². The van der Waals surface area contributed by atoms with Crippen LogP contribution >= 0.6 is 0 Å². The van der Waals surface area contributed by atoms with E-state index in [-0.39, 0.29) is 11.8 Å². The maximum atomic E-state index is 13.2. The highest BCUT2D eigenvalue weighted by Crippen LogP contribution is 2.43. The molecule has 180 valence electrons. The number of hydrogen-bond donors (Lipinski definition) is 1. The van der Waals surface area contributed by atoms with Crippen LogP contribution in [0.15, 0.2) is 60.9 Å². The Morgan fingerprint density at radius 3 is 2.37 bits per heavy atom. The number of ether oxygens (including phenoxy) is 1. The SMILES string of the molecule is C[C@H](Oc1ccc(-n2cnnn2)cc1)C(=O)Nc1ccc(-n2nc(C(F)(F)F)cc2C2CC2)cc1. The fourth-order valence-electron chi connectivity index (χ4n) is 3.56. The van der Waals surface area contributed by atoms with Crippen LogP contribution in [-0.4, -0.2) is 42.0 Å². The van der Waals surface area contributed by atoms with Gasteiger partial charge < -0.3 is 10.1 Å². The highest BCUT2D eigenvalue weighted by atomic mass is 19.4. The van der Waals surface area contributed by atoms with E-state index < -0.39 is 18.0 Å². The van der Waals surface area contributed by atoms with Crippen LogP contribution in [-0.2, 0) is 11.0 Å². The molecule has 1 aliphatic rings. The van der Waals surface area contributed by atoms with Crippen LogP contribution < -0.4 is 10.1 Å². The molecule has 12 heteroatoms. The Bertz CT molecular complexity index is 1310. The van der Waals surface area contributed by atoms with Crippen LogP contribution in [0.3, 0.4) is 0 Å². The Morgan fingerprint density at radius 2 is 1.77 bits per heavy atom. The minimum atomic E-state index is -4.51. The fraction of sp³-hybridized carbons (Fsp3) is 0.261. The molecule has 0 aliphatic heterocycles. The number of benzene rings is 2. The van der Waals surface area contributed by atoms with E-state index >= 15 is 0 Å². The summed E-state index contributed by atoms with van der Waals surface area (Å²) in [4.78, 5) is 12.6. The van der Waals surface area contributed by atoms with Gasteiger partial charge in [0, 0.05) is 17.3 Å². The van der Waals surface area contributed by atoms with Gasteiger partial charge >= 0.3 is 6.18 Å². The van der Waals surface area contributed by atoms with Gasteiger partial charge in [0.25, 0.3) is 5.91 Å². The lowest BCUT2D eigenvalue weighted by Gasteiger charge is -2.15. The summed E-state index contributed by atoms with van der Waals surface area (Å²) in [6, 6.07) is 14.5. The van der Waals surface area contributed by atoms with E-state index in [1.54, 1.807) is 55.5 Å². The smallest absolute Gasteiger partial charge is 0.435 e. The topological polar surface area (TPSA) is 99.8 Å². The third kappa shape index (κ3) is 5.00. The molecule has 1 fully saturated rings. The molecule has 2 aromatic carbocycles. The number of rotatable bonds is 7. The molecule has 5 rings (SSSR count). The number of tetrazole rings is 1. The largest absolute Gasteiger partial charge is 0.481 e. The molecule has 35 heavy (non-hydrogen) atoms. The predicted octanol–water partition coefficient (Wildman–Crippen LogP) is 4.15. The van der Waals surface area contributed by atoms with Gasteiger partial charge in [0.05, 0.1) is 11.4 Å². The quantitative estimate of drug-likeness (QED) is 0.424. The summed E-state index contributed by atoms with van der Waals surface area (Å²) < 4.78 is 48.0. The molecular weight excluding hydrogens is 463 g/mol. The molecule has 9 nitrogen and oxygen atoms in total. The molecule has 0 spiro atoms. The average Bonchev–Trinajstić information content (AvgIpc) is 3.33. The van der Waals surface area contributed by atoms with Crippen LogP contribution in [0.2, 0.25) is 0 Å². The zero-order valence-electron chi connectivity index (χ0n) is 18.5. The minimum Gasteiger partial charge on any atom is -0.481 e. The number of carbonyl (C=O) groups excluding carboxylic acids is 1. The first-order valence-corrected chi connectivity index (χ1v) is 10.9. The maximum absolute atomic E-state index is 13.2. The van der Waals surface area contributed by atoms with Crippen molar-refractivity contribution < 1.29 is 22.7 Å². The minimum absolute atomic E-state index is 0.0814. The third-order valence-corrected chi connectivity index (χ3v) is 5.53. The standard InChI is InChI=1S/C23H20F3N7O2/c1-14(35-19-10-8-17(9-11-19)32-13-27-30-31-32)22(34)28-16-4-6-18(7-5-16)33-20(15-2-3-15)12-21(29-33)23(24,25)26/h4-15H,2-3H2,1H3,(H,28,34)/t14-/m0/s1. The Kier molecular flexibility index (Phi) is 5.71. The van der Waals surface area contributed by atoms with E-state index in [9.17, 15) is 18.0 Å². The molecule has 1 saturated carbocycles. The van der Waals surface area contributed by atoms with E-state index in [4.69, 9.17) is 4.74 Å². The zero-order valence-corrected chi connectivity index (χ0v) is 18.5. The number of nitrogens with one attached hydrogen (secondary N) is 1. The van der Waals surface area contributed by atoms with E-state index in [2.05, 4.69) is 25.9 Å². The summed E-state index contributed by atoms with van der Waals surface area (Å²) in [6.45, 7) is 1.61. The molecule has 0 bridgehead atoms. The second-order valence-corrected chi connectivity index (χ2v) is 8.18. The molecule has 0 radical (unpaired) electrons. The highest BCUT2D eigenvalue weighted by molar-refractivity contribution is 5.94. The van der Waals surface area contributed by atoms with Crippen LogP contribution in [0.25, 0.3) is 11.4 Å². The lowest BCUT2D eigenvalue weighted by atomic mass is 10.2. The Balaban J connectivity index is 1.23. The van der Waals surface area contributed by atoms with E-state index in [1.807, 2.05) is 0 Å². The summed E-state index contributed by atoms with van der Waals surface area (Å²) >= 11 is 0. The molecule has 1 atom stereocenters. The fourth-order valence-corrected chi connectivity index (χ4v) is 3.56. The average molecular weight is 483 g/mol. The van der Waals surface area contributed by atoms with Gasteiger partial charge in [-0.3, -0.25) is 4.79 Å². The van der Waals surface area contributed by atoms with Gasteiger partial charge in [0.1, 0.15) is 12.1 Å². The van der Waals surface area contributed by atoms with Crippen molar-refractivity contribution in [3.05, 3.63) is 72.3 Å². The van der Waals surface area contributed by atoms with Crippen molar-refractivity contribution in [3.63, 3.8) is 0 Å². The number of aromatic nitrogens is 6. The van der Waals surface area contributed by atoms with E-state index in [0.29, 0.717) is 22.8 Å². The summed E-state index contributed by atoms with van der Waals surface area (Å²) in [5.41, 5.74) is 1.35. The van der Waals surface area contributed by atoms with Crippen molar-refractivity contribution in [3.8, 4) is 17.1 Å². The molecule has 0 unspecified atom stereocenters. The van der Waals surface area contributed by atoms with Crippen molar-refractivity contribution in [2.75, 3.05) is 5.32 Å². The Hall–Kier alpha value is -4.22. The summed E-state index contributed by atoms with van der Waals surface area (Å²) in [5, 5.41) is 17.5. The molecular formula is C23H20F3N7O2. The zero-order chi connectivity index (χ0) is 24.6. The van der Waals surface area contributed by atoms with Gasteiger partial charge in [-0.25, -0.2) is 9.36 Å². The number of halogens is 3. The van der Waals surface area contributed by atoms with Crippen molar-refractivity contribution >= 4 is 11.6 Å². The molecule has 1 N–H and O–H groups in total. The molecule has 2 aromatic heterocycles. The van der Waals surface area contributed by atoms with E-state index in [1.165, 1.54) is 15.7 Å². The first-order valence-electron chi connectivity index (χ1n) is 10.9. The van der Waals surface area contributed by atoms with Crippen molar-refractivity contribution in [2.24, 2.45) is 0 Å². The van der Waals surface area contributed by atoms with Crippen LogP contribution in [0.1, 0.15) is 37.1 Å². The number of amides is 1. The predicted molar refractivity (Wildman–Crippen MR) is 118 cm³/mol. The number of nitrogens with zero attached hydrogens (tertiary/aromatic N) is 6. The second kappa shape index (κ2) is 8.85. The summed E-state index contributed by atoms with van der Waals surface area (Å²) in [6.07, 6.45) is -2.15. The number of alkyl halides is 3. The maximum Gasteiger partial charge on any atom is 0.435 e. The first kappa shape index (κ1) is 22.6. The molecule has 4 aromatic rings. The monoisotopic (exact) mass is 483 g/mol. The van der Waals surface area contributed by atoms with Gasteiger partial charge in [-0.15, -0.1) is 5.10 Å². The van der Waals surface area contributed by atoms with Crippen LogP contribution in [0, 0.1) is 0 Å². The molecule has 0 saturated heterocycles. The number of carbonyl (C=O) groups is 1. The Labute approximate surface area is 197 Å². The summed E-state index contributed by atoms with van der Waals surface area (Å²) in [5.74, 6) is 0.198. The van der Waals surface area contributed by atoms with Gasteiger partial charge in [-0.05, 0) is 84.8 Å². The summed E-state index contributed by atoms with van der Waals surface area (Å²) in [7, 11) is 0. The normalized spacial score (nSPS) is 14.5. The number of anilines is 1. The lowest BCUT2D eigenvalue weighted by Crippen LogP contribution is -2.30. The van der Waals surface area contributed by atoms with Crippen molar-refractivity contribution in [1.82, 2.24) is 30.0 Å². The molecule has 2 heterocycles. The van der Waals surface area contributed by atoms with Crippen LogP contribution in [0.5, 0.6) is 5.75 Å². The van der Waals surface area contributed by atoms with Gasteiger partial charge in [0.2, 0.25) is 0 Å². The van der Waals surface area contributed by atoms with Crippen LogP contribution in [0.4, 0.5) is 18.9 Å². The van der Waals surface area contributed by atoms with Crippen molar-refractivity contribution in [1.29, 1.82) is 0 Å². The second-order valence-electron chi connectivity index (χ2n) is 8.18. The van der Waals surface area contributed by atoms with Gasteiger partial charge in [-0.2, -0.15) is 18.3 Å².